The standard InChI is InChI=1S/C21H26N4O2S/c26-20(24-15-3-1-2-4-15)18-13-16-17(28-18)5-12-27-21(16)6-10-25(11-7-21)19-14-22-8-9-23-19/h8-9,13-15H,1-7,10-12H2,(H,24,26). The van der Waals surface area contributed by atoms with Crippen LogP contribution >= 0.6 is 11.3 Å². The summed E-state index contributed by atoms with van der Waals surface area (Å²) < 4.78 is 6.36. The minimum atomic E-state index is -0.255. The number of hydrogen-bond donors (Lipinski definition) is 1. The second kappa shape index (κ2) is 7.44. The zero-order valence-corrected chi connectivity index (χ0v) is 16.8. The second-order valence-corrected chi connectivity index (χ2v) is 9.18. The van der Waals surface area contributed by atoms with Gasteiger partial charge in [0, 0.05) is 42.8 Å². The van der Waals surface area contributed by atoms with E-state index in [2.05, 4.69) is 26.3 Å². The Bertz CT molecular complexity index is 839. The first kappa shape index (κ1) is 18.1. The molecule has 1 N–H and O–H groups in total. The minimum absolute atomic E-state index is 0.0958. The Balaban J connectivity index is 1.33. The summed E-state index contributed by atoms with van der Waals surface area (Å²) in [4.78, 5) is 25.8. The van der Waals surface area contributed by atoms with Gasteiger partial charge in [-0.2, -0.15) is 0 Å². The van der Waals surface area contributed by atoms with Crippen molar-refractivity contribution in [2.45, 2.75) is 56.6 Å². The van der Waals surface area contributed by atoms with E-state index in [4.69, 9.17) is 4.74 Å². The zero-order valence-electron chi connectivity index (χ0n) is 16.0. The predicted octanol–water partition coefficient (Wildman–Crippen LogP) is 3.28. The number of rotatable bonds is 3. The maximum absolute atomic E-state index is 12.8. The Kier molecular flexibility index (Phi) is 4.80. The number of nitrogens with zero attached hydrogens (tertiary/aromatic N) is 3. The molecule has 148 valence electrons. The summed E-state index contributed by atoms with van der Waals surface area (Å²) in [5, 5.41) is 3.23. The number of thiophene rings is 1. The van der Waals surface area contributed by atoms with E-state index < -0.39 is 0 Å². The van der Waals surface area contributed by atoms with E-state index >= 15 is 0 Å². The predicted molar refractivity (Wildman–Crippen MR) is 109 cm³/mol. The first-order chi connectivity index (χ1) is 13.7. The summed E-state index contributed by atoms with van der Waals surface area (Å²) in [6, 6.07) is 2.47. The SMILES string of the molecule is O=C(NC1CCCC1)c1cc2c(s1)CCOC21CCN(c2cnccn2)CC1. The molecular formula is C21H26N4O2S. The fourth-order valence-electron chi connectivity index (χ4n) is 4.82. The van der Waals surface area contributed by atoms with Gasteiger partial charge in [0.2, 0.25) is 0 Å². The van der Waals surface area contributed by atoms with Gasteiger partial charge in [0.15, 0.2) is 0 Å². The molecule has 0 atom stereocenters. The van der Waals surface area contributed by atoms with Crippen molar-refractivity contribution >= 4 is 23.1 Å². The molecule has 2 fully saturated rings. The molecule has 6 nitrogen and oxygen atoms in total. The molecule has 5 rings (SSSR count). The summed E-state index contributed by atoms with van der Waals surface area (Å²) in [5.41, 5.74) is 0.994. The van der Waals surface area contributed by atoms with Crippen LogP contribution in [0.4, 0.5) is 5.82 Å². The molecule has 0 radical (unpaired) electrons. The van der Waals surface area contributed by atoms with E-state index in [9.17, 15) is 4.79 Å². The molecule has 1 spiro atoms. The largest absolute Gasteiger partial charge is 0.370 e. The number of carbonyl (C=O) groups excluding carboxylic acids is 1. The van der Waals surface area contributed by atoms with Crippen LogP contribution < -0.4 is 10.2 Å². The number of amides is 1. The molecule has 4 heterocycles. The lowest BCUT2D eigenvalue weighted by Gasteiger charge is -2.44. The maximum Gasteiger partial charge on any atom is 0.261 e. The molecule has 0 unspecified atom stereocenters. The molecule has 7 heteroatoms. The van der Waals surface area contributed by atoms with Crippen molar-refractivity contribution < 1.29 is 9.53 Å². The van der Waals surface area contributed by atoms with Crippen molar-refractivity contribution in [1.82, 2.24) is 15.3 Å². The molecular weight excluding hydrogens is 372 g/mol. The van der Waals surface area contributed by atoms with E-state index in [-0.39, 0.29) is 11.5 Å². The van der Waals surface area contributed by atoms with Gasteiger partial charge in [0.25, 0.3) is 5.91 Å². The van der Waals surface area contributed by atoms with E-state index in [1.165, 1.54) is 23.3 Å². The molecule has 2 aromatic rings. The average Bonchev–Trinajstić information content (AvgIpc) is 3.40. The van der Waals surface area contributed by atoms with Crippen molar-refractivity contribution in [3.8, 4) is 0 Å². The first-order valence-electron chi connectivity index (χ1n) is 10.3. The van der Waals surface area contributed by atoms with Crippen LogP contribution in [-0.2, 0) is 16.8 Å². The van der Waals surface area contributed by atoms with Crippen molar-refractivity contribution in [3.05, 3.63) is 40.0 Å². The van der Waals surface area contributed by atoms with Crippen LogP contribution in [-0.4, -0.2) is 41.6 Å². The third kappa shape index (κ3) is 3.31. The fraction of sp³-hybridized carbons (Fsp3) is 0.571. The smallest absolute Gasteiger partial charge is 0.261 e. The zero-order chi connectivity index (χ0) is 19.0. The van der Waals surface area contributed by atoms with Crippen LogP contribution in [0.3, 0.4) is 0 Å². The number of hydrogen-bond acceptors (Lipinski definition) is 6. The third-order valence-corrected chi connectivity index (χ3v) is 7.56. The second-order valence-electron chi connectivity index (χ2n) is 8.05. The number of fused-ring (bicyclic) bond motifs is 2. The van der Waals surface area contributed by atoms with E-state index in [0.717, 1.165) is 62.5 Å². The van der Waals surface area contributed by atoms with E-state index in [1.54, 1.807) is 23.7 Å². The number of ether oxygens (including phenoxy) is 1. The van der Waals surface area contributed by atoms with Gasteiger partial charge in [-0.1, -0.05) is 12.8 Å². The van der Waals surface area contributed by atoms with Gasteiger partial charge >= 0.3 is 0 Å². The van der Waals surface area contributed by atoms with Crippen molar-refractivity contribution in [2.75, 3.05) is 24.6 Å². The van der Waals surface area contributed by atoms with Crippen molar-refractivity contribution in [1.29, 1.82) is 0 Å². The average molecular weight is 399 g/mol. The van der Waals surface area contributed by atoms with Crippen molar-refractivity contribution in [2.24, 2.45) is 0 Å². The van der Waals surface area contributed by atoms with Gasteiger partial charge in [-0.15, -0.1) is 11.3 Å². The number of piperidine rings is 1. The molecule has 2 aromatic heterocycles. The lowest BCUT2D eigenvalue weighted by atomic mass is 9.82. The third-order valence-electron chi connectivity index (χ3n) is 6.37. The molecule has 3 aliphatic rings. The van der Waals surface area contributed by atoms with Crippen LogP contribution in [0.5, 0.6) is 0 Å². The highest BCUT2D eigenvalue weighted by molar-refractivity contribution is 7.14. The number of anilines is 1. The van der Waals surface area contributed by atoms with Gasteiger partial charge in [-0.25, -0.2) is 4.98 Å². The van der Waals surface area contributed by atoms with E-state index in [1.807, 2.05) is 6.20 Å². The summed E-state index contributed by atoms with van der Waals surface area (Å²) in [5.74, 6) is 1.02. The van der Waals surface area contributed by atoms with Gasteiger partial charge in [-0.05, 0) is 37.3 Å². The highest BCUT2D eigenvalue weighted by Crippen LogP contribution is 2.45. The van der Waals surface area contributed by atoms with Crippen LogP contribution in [0.15, 0.2) is 24.7 Å². The summed E-state index contributed by atoms with van der Waals surface area (Å²) in [6.07, 6.45) is 12.7. The summed E-state index contributed by atoms with van der Waals surface area (Å²) in [6.45, 7) is 2.51. The molecule has 1 amide bonds. The molecule has 1 saturated carbocycles. The molecule has 28 heavy (non-hydrogen) atoms. The van der Waals surface area contributed by atoms with Crippen molar-refractivity contribution in [3.63, 3.8) is 0 Å². The Morgan fingerprint density at radius 2 is 2.07 bits per heavy atom. The highest BCUT2D eigenvalue weighted by atomic mass is 32.1. The topological polar surface area (TPSA) is 67.3 Å². The lowest BCUT2D eigenvalue weighted by molar-refractivity contribution is -0.0757. The van der Waals surface area contributed by atoms with Gasteiger partial charge < -0.3 is 15.0 Å². The van der Waals surface area contributed by atoms with Crippen LogP contribution in [0.1, 0.15) is 58.6 Å². The van der Waals surface area contributed by atoms with Gasteiger partial charge in [0.1, 0.15) is 5.82 Å². The molecule has 0 aromatic carbocycles. The molecule has 0 bridgehead atoms. The monoisotopic (exact) mass is 398 g/mol. The Morgan fingerprint density at radius 1 is 1.25 bits per heavy atom. The Labute approximate surface area is 169 Å². The number of carbonyl (C=O) groups is 1. The quantitative estimate of drug-likeness (QED) is 0.859. The first-order valence-corrected chi connectivity index (χ1v) is 11.1. The van der Waals surface area contributed by atoms with E-state index in [0.29, 0.717) is 6.04 Å². The lowest BCUT2D eigenvalue weighted by Crippen LogP contribution is -2.46. The maximum atomic E-state index is 12.8. The Morgan fingerprint density at radius 3 is 2.82 bits per heavy atom. The fourth-order valence-corrected chi connectivity index (χ4v) is 5.95. The van der Waals surface area contributed by atoms with Crippen LogP contribution in [0, 0.1) is 0 Å². The molecule has 1 saturated heterocycles. The normalized spacial score (nSPS) is 21.6. The van der Waals surface area contributed by atoms with Gasteiger partial charge in [-0.3, -0.25) is 9.78 Å². The molecule has 1 aliphatic carbocycles. The number of nitrogens with one attached hydrogen (secondary N) is 1. The summed E-state index contributed by atoms with van der Waals surface area (Å²) in [7, 11) is 0. The van der Waals surface area contributed by atoms with Gasteiger partial charge in [0.05, 0.1) is 23.3 Å². The number of aromatic nitrogens is 2. The highest BCUT2D eigenvalue weighted by Gasteiger charge is 2.42. The van der Waals surface area contributed by atoms with Crippen LogP contribution in [0.25, 0.3) is 0 Å². The molecule has 2 aliphatic heterocycles. The minimum Gasteiger partial charge on any atom is -0.370 e. The van der Waals surface area contributed by atoms with Crippen LogP contribution in [0.2, 0.25) is 0 Å². The summed E-state index contributed by atoms with van der Waals surface area (Å²) >= 11 is 1.66. The Hall–Kier alpha value is -1.99.